The van der Waals surface area contributed by atoms with Crippen molar-refractivity contribution in [1.82, 2.24) is 10.3 Å². The Labute approximate surface area is 105 Å². The van der Waals surface area contributed by atoms with Gasteiger partial charge < -0.3 is 9.73 Å². The standard InChI is InChI=1S/C13H15ClN2O/c1-8-6-9(4-5-15-8)13-16-11-3-2-10(14)7-12(11)17-13/h2-3,7-9,15H,4-6H2,1H3. The first-order valence-corrected chi connectivity index (χ1v) is 6.39. The van der Waals surface area contributed by atoms with Crippen molar-refractivity contribution in [1.29, 1.82) is 0 Å². The third-order valence-electron chi connectivity index (χ3n) is 3.34. The topological polar surface area (TPSA) is 38.1 Å². The molecule has 2 heterocycles. The number of nitrogens with one attached hydrogen (secondary N) is 1. The Morgan fingerprint density at radius 2 is 2.35 bits per heavy atom. The molecule has 1 aromatic heterocycles. The molecule has 0 spiro atoms. The Kier molecular flexibility index (Phi) is 2.81. The summed E-state index contributed by atoms with van der Waals surface area (Å²) in [5.41, 5.74) is 1.69. The zero-order valence-electron chi connectivity index (χ0n) is 9.74. The molecule has 3 rings (SSSR count). The van der Waals surface area contributed by atoms with E-state index in [9.17, 15) is 0 Å². The molecule has 3 nitrogen and oxygen atoms in total. The molecule has 4 heteroatoms. The van der Waals surface area contributed by atoms with Gasteiger partial charge in [-0.05, 0) is 38.4 Å². The highest BCUT2D eigenvalue weighted by Gasteiger charge is 2.24. The van der Waals surface area contributed by atoms with Crippen LogP contribution in [0.4, 0.5) is 0 Å². The van der Waals surface area contributed by atoms with Crippen LogP contribution in [-0.4, -0.2) is 17.6 Å². The van der Waals surface area contributed by atoms with E-state index in [1.807, 2.05) is 18.2 Å². The van der Waals surface area contributed by atoms with Crippen LogP contribution in [0.3, 0.4) is 0 Å². The quantitative estimate of drug-likeness (QED) is 0.844. The molecule has 1 aromatic carbocycles. The fourth-order valence-electron chi connectivity index (χ4n) is 2.45. The summed E-state index contributed by atoms with van der Waals surface area (Å²) in [6.45, 7) is 3.23. The number of hydrogen-bond acceptors (Lipinski definition) is 3. The van der Waals surface area contributed by atoms with Gasteiger partial charge in [-0.1, -0.05) is 11.6 Å². The van der Waals surface area contributed by atoms with E-state index in [1.54, 1.807) is 0 Å². The Hall–Kier alpha value is -1.06. The van der Waals surface area contributed by atoms with E-state index in [2.05, 4.69) is 17.2 Å². The van der Waals surface area contributed by atoms with Crippen molar-refractivity contribution in [3.05, 3.63) is 29.1 Å². The highest BCUT2D eigenvalue weighted by atomic mass is 35.5. The van der Waals surface area contributed by atoms with Crippen molar-refractivity contribution in [2.45, 2.75) is 31.7 Å². The minimum atomic E-state index is 0.428. The lowest BCUT2D eigenvalue weighted by Gasteiger charge is -2.25. The first kappa shape index (κ1) is 11.1. The van der Waals surface area contributed by atoms with Crippen molar-refractivity contribution in [2.24, 2.45) is 0 Å². The third-order valence-corrected chi connectivity index (χ3v) is 3.58. The minimum Gasteiger partial charge on any atom is -0.440 e. The Morgan fingerprint density at radius 1 is 1.47 bits per heavy atom. The van der Waals surface area contributed by atoms with E-state index >= 15 is 0 Å². The van der Waals surface area contributed by atoms with E-state index < -0.39 is 0 Å². The van der Waals surface area contributed by atoms with E-state index in [1.165, 1.54) is 0 Å². The second-order valence-corrected chi connectivity index (χ2v) is 5.18. The van der Waals surface area contributed by atoms with Gasteiger partial charge in [0, 0.05) is 23.0 Å². The fraction of sp³-hybridized carbons (Fsp3) is 0.462. The molecule has 0 aliphatic carbocycles. The summed E-state index contributed by atoms with van der Waals surface area (Å²) in [7, 11) is 0. The number of benzene rings is 1. The minimum absolute atomic E-state index is 0.428. The van der Waals surface area contributed by atoms with Gasteiger partial charge in [-0.2, -0.15) is 0 Å². The van der Waals surface area contributed by atoms with Crippen LogP contribution in [0.5, 0.6) is 0 Å². The Balaban J connectivity index is 1.94. The highest BCUT2D eigenvalue weighted by Crippen LogP contribution is 2.30. The number of hydrogen-bond donors (Lipinski definition) is 1. The van der Waals surface area contributed by atoms with E-state index in [4.69, 9.17) is 16.0 Å². The number of rotatable bonds is 1. The predicted molar refractivity (Wildman–Crippen MR) is 68.5 cm³/mol. The van der Waals surface area contributed by atoms with Crippen molar-refractivity contribution < 1.29 is 4.42 Å². The van der Waals surface area contributed by atoms with E-state index in [0.29, 0.717) is 17.0 Å². The lowest BCUT2D eigenvalue weighted by molar-refractivity contribution is 0.336. The van der Waals surface area contributed by atoms with Gasteiger partial charge in [0.1, 0.15) is 5.52 Å². The molecule has 2 aromatic rings. The molecule has 17 heavy (non-hydrogen) atoms. The number of oxazole rings is 1. The average Bonchev–Trinajstić information content (AvgIpc) is 2.72. The number of piperidine rings is 1. The molecule has 90 valence electrons. The molecule has 1 aliphatic rings. The van der Waals surface area contributed by atoms with Gasteiger partial charge in [0.25, 0.3) is 0 Å². The first-order valence-electron chi connectivity index (χ1n) is 6.02. The summed E-state index contributed by atoms with van der Waals surface area (Å²) in [4.78, 5) is 4.56. The number of fused-ring (bicyclic) bond motifs is 1. The lowest BCUT2D eigenvalue weighted by atomic mass is 9.93. The normalized spacial score (nSPS) is 25.3. The average molecular weight is 251 g/mol. The molecule has 0 amide bonds. The zero-order valence-corrected chi connectivity index (χ0v) is 10.5. The monoisotopic (exact) mass is 250 g/mol. The summed E-state index contributed by atoms with van der Waals surface area (Å²) in [6.07, 6.45) is 2.17. The first-order chi connectivity index (χ1) is 8.22. The number of halogens is 1. The number of aromatic nitrogens is 1. The van der Waals surface area contributed by atoms with Gasteiger partial charge in [0.15, 0.2) is 11.5 Å². The van der Waals surface area contributed by atoms with Crippen molar-refractivity contribution in [3.8, 4) is 0 Å². The fourth-order valence-corrected chi connectivity index (χ4v) is 2.61. The third kappa shape index (κ3) is 2.17. The van der Waals surface area contributed by atoms with Gasteiger partial charge in [-0.3, -0.25) is 0 Å². The molecule has 1 saturated heterocycles. The molecule has 0 bridgehead atoms. The second-order valence-electron chi connectivity index (χ2n) is 4.74. The van der Waals surface area contributed by atoms with Crippen LogP contribution < -0.4 is 5.32 Å². The van der Waals surface area contributed by atoms with Crippen LogP contribution >= 0.6 is 11.6 Å². The molecule has 1 N–H and O–H groups in total. The van der Waals surface area contributed by atoms with Crippen LogP contribution in [0, 0.1) is 0 Å². The molecule has 0 saturated carbocycles. The SMILES string of the molecule is CC1CC(c2nc3ccc(Cl)cc3o2)CCN1. The van der Waals surface area contributed by atoms with Crippen molar-refractivity contribution >= 4 is 22.7 Å². The van der Waals surface area contributed by atoms with Crippen LogP contribution in [-0.2, 0) is 0 Å². The van der Waals surface area contributed by atoms with Crippen LogP contribution in [0.15, 0.2) is 22.6 Å². The smallest absolute Gasteiger partial charge is 0.198 e. The zero-order chi connectivity index (χ0) is 11.8. The van der Waals surface area contributed by atoms with E-state index in [-0.39, 0.29) is 0 Å². The largest absolute Gasteiger partial charge is 0.440 e. The molecule has 2 unspecified atom stereocenters. The molecule has 1 aliphatic heterocycles. The Morgan fingerprint density at radius 3 is 3.18 bits per heavy atom. The maximum absolute atomic E-state index is 5.94. The van der Waals surface area contributed by atoms with Crippen LogP contribution in [0.25, 0.3) is 11.1 Å². The summed E-state index contributed by atoms with van der Waals surface area (Å²) in [5, 5.41) is 4.13. The maximum Gasteiger partial charge on any atom is 0.198 e. The molecule has 2 atom stereocenters. The Bertz CT molecular complexity index is 537. The highest BCUT2D eigenvalue weighted by molar-refractivity contribution is 6.31. The lowest BCUT2D eigenvalue weighted by Crippen LogP contribution is -2.34. The molecular weight excluding hydrogens is 236 g/mol. The summed E-state index contributed by atoms with van der Waals surface area (Å²) in [6, 6.07) is 6.13. The number of nitrogens with zero attached hydrogens (tertiary/aromatic N) is 1. The van der Waals surface area contributed by atoms with Crippen molar-refractivity contribution in [2.75, 3.05) is 6.54 Å². The van der Waals surface area contributed by atoms with Gasteiger partial charge >= 0.3 is 0 Å². The predicted octanol–water partition coefficient (Wildman–Crippen LogP) is 3.34. The molecule has 0 radical (unpaired) electrons. The summed E-state index contributed by atoms with van der Waals surface area (Å²) < 4.78 is 5.81. The van der Waals surface area contributed by atoms with Crippen molar-refractivity contribution in [3.63, 3.8) is 0 Å². The van der Waals surface area contributed by atoms with Gasteiger partial charge in [0.05, 0.1) is 0 Å². The van der Waals surface area contributed by atoms with E-state index in [0.717, 1.165) is 36.4 Å². The van der Waals surface area contributed by atoms with Crippen LogP contribution in [0.1, 0.15) is 31.6 Å². The van der Waals surface area contributed by atoms with Gasteiger partial charge in [-0.15, -0.1) is 0 Å². The second kappa shape index (κ2) is 4.31. The summed E-state index contributed by atoms with van der Waals surface area (Å²) in [5.74, 6) is 1.29. The van der Waals surface area contributed by atoms with Gasteiger partial charge in [0.2, 0.25) is 0 Å². The molecular formula is C13H15ClN2O. The maximum atomic E-state index is 5.94. The molecule has 1 fully saturated rings. The summed E-state index contributed by atoms with van der Waals surface area (Å²) >= 11 is 5.94. The van der Waals surface area contributed by atoms with Gasteiger partial charge in [-0.25, -0.2) is 4.98 Å². The van der Waals surface area contributed by atoms with Crippen LogP contribution in [0.2, 0.25) is 5.02 Å².